The van der Waals surface area contributed by atoms with Gasteiger partial charge in [-0.05, 0) is 47.4 Å². The average Bonchev–Trinajstić information content (AvgIpc) is 2.81. The Morgan fingerprint density at radius 2 is 1.81 bits per heavy atom. The van der Waals surface area contributed by atoms with Crippen LogP contribution in [0.4, 0.5) is 0 Å². The fraction of sp³-hybridized carbons (Fsp3) is 0.240. The number of hydrogen-bond donors (Lipinski definition) is 2. The molecule has 0 fully saturated rings. The van der Waals surface area contributed by atoms with Crippen molar-refractivity contribution in [2.75, 3.05) is 20.8 Å². The van der Waals surface area contributed by atoms with Gasteiger partial charge in [0.25, 0.3) is 0 Å². The summed E-state index contributed by atoms with van der Waals surface area (Å²) in [6, 6.07) is 18.0. The zero-order valence-electron chi connectivity index (χ0n) is 18.0. The molecule has 4 rings (SSSR count). The maximum absolute atomic E-state index is 10.8. The third kappa shape index (κ3) is 4.31. The molecule has 0 saturated carbocycles. The topological polar surface area (TPSA) is 74.5 Å². The molecular weight excluding hydrogens is 472 g/mol. The number of fused-ring (bicyclic) bond motifs is 1. The average molecular weight is 497 g/mol. The summed E-state index contributed by atoms with van der Waals surface area (Å²) in [6.07, 6.45) is 2.08. The van der Waals surface area contributed by atoms with Crippen molar-refractivity contribution >= 4 is 22.1 Å². The quantitative estimate of drug-likeness (QED) is 0.281. The fourth-order valence-corrected chi connectivity index (χ4v) is 4.90. The van der Waals surface area contributed by atoms with Gasteiger partial charge in [0.05, 0.1) is 26.5 Å². The highest BCUT2D eigenvalue weighted by molar-refractivity contribution is 9.10. The summed E-state index contributed by atoms with van der Waals surface area (Å²) in [5, 5.41) is 22.8. The van der Waals surface area contributed by atoms with Crippen molar-refractivity contribution in [2.24, 2.45) is 5.16 Å². The number of nitrogens with zero attached hydrogens (tertiary/aromatic N) is 2. The van der Waals surface area contributed by atoms with Gasteiger partial charge >= 0.3 is 0 Å². The summed E-state index contributed by atoms with van der Waals surface area (Å²) in [4.78, 5) is 2.34. The first-order chi connectivity index (χ1) is 15.5. The fourth-order valence-electron chi connectivity index (χ4n) is 4.37. The molecule has 7 heteroatoms. The van der Waals surface area contributed by atoms with E-state index < -0.39 is 0 Å². The first kappa shape index (κ1) is 22.2. The van der Waals surface area contributed by atoms with Crippen LogP contribution in [0.5, 0.6) is 17.2 Å². The lowest BCUT2D eigenvalue weighted by Gasteiger charge is -2.38. The van der Waals surface area contributed by atoms with Crippen LogP contribution in [0.1, 0.15) is 33.9 Å². The van der Waals surface area contributed by atoms with Crippen LogP contribution < -0.4 is 9.47 Å². The molecule has 3 aromatic rings. The SMILES string of the molecule is COc1cc2c(cc1OC)C(c1ccccc1)N(Cc1cc(Br)cc(/C=N/O)c1O)CC2. The van der Waals surface area contributed by atoms with Gasteiger partial charge in [-0.3, -0.25) is 4.90 Å². The Labute approximate surface area is 195 Å². The Hall–Kier alpha value is -3.03. The Kier molecular flexibility index (Phi) is 6.67. The Bertz CT molecular complexity index is 1130. The number of oxime groups is 1. The van der Waals surface area contributed by atoms with Crippen molar-refractivity contribution in [3.8, 4) is 17.2 Å². The van der Waals surface area contributed by atoms with Gasteiger partial charge in [0.2, 0.25) is 0 Å². The molecule has 0 radical (unpaired) electrons. The number of methoxy groups -OCH3 is 2. The standard InChI is InChI=1S/C25H25BrN2O4/c1-31-22-12-17-8-9-28(15-19-11-20(26)10-18(14-27-30)25(19)29)24(16-6-4-3-5-7-16)21(17)13-23(22)32-2/h3-7,10-14,24,29-30H,8-9,15H2,1-2H3/b27-14+. The predicted molar refractivity (Wildman–Crippen MR) is 127 cm³/mol. The molecule has 0 bridgehead atoms. The van der Waals surface area contributed by atoms with Crippen molar-refractivity contribution in [3.05, 3.63) is 86.9 Å². The minimum absolute atomic E-state index is 0.0203. The first-order valence-electron chi connectivity index (χ1n) is 10.3. The summed E-state index contributed by atoms with van der Waals surface area (Å²) in [5.74, 6) is 1.53. The number of phenolic OH excluding ortho intramolecular Hbond substituents is 1. The van der Waals surface area contributed by atoms with E-state index in [-0.39, 0.29) is 11.8 Å². The summed E-state index contributed by atoms with van der Waals surface area (Å²) >= 11 is 3.50. The van der Waals surface area contributed by atoms with E-state index in [2.05, 4.69) is 50.3 Å². The van der Waals surface area contributed by atoms with Crippen molar-refractivity contribution < 1.29 is 19.8 Å². The molecular formula is C25H25BrN2O4. The number of rotatable bonds is 6. The summed E-state index contributed by atoms with van der Waals surface area (Å²) in [5.41, 5.74) is 4.74. The van der Waals surface area contributed by atoms with Gasteiger partial charge in [-0.2, -0.15) is 0 Å². The normalized spacial score (nSPS) is 16.2. The zero-order valence-corrected chi connectivity index (χ0v) is 19.5. The van der Waals surface area contributed by atoms with E-state index in [1.807, 2.05) is 24.3 Å². The van der Waals surface area contributed by atoms with Gasteiger partial charge < -0.3 is 19.8 Å². The molecule has 1 atom stereocenters. The Morgan fingerprint density at radius 3 is 2.50 bits per heavy atom. The van der Waals surface area contributed by atoms with E-state index in [0.29, 0.717) is 17.9 Å². The van der Waals surface area contributed by atoms with Gasteiger partial charge in [0.15, 0.2) is 11.5 Å². The van der Waals surface area contributed by atoms with Gasteiger partial charge in [-0.25, -0.2) is 0 Å². The van der Waals surface area contributed by atoms with E-state index >= 15 is 0 Å². The zero-order chi connectivity index (χ0) is 22.7. The Balaban J connectivity index is 1.80. The summed E-state index contributed by atoms with van der Waals surface area (Å²) in [7, 11) is 3.30. The third-order valence-corrected chi connectivity index (χ3v) is 6.30. The molecule has 3 aromatic carbocycles. The number of phenols is 1. The Morgan fingerprint density at radius 1 is 1.09 bits per heavy atom. The highest BCUT2D eigenvalue weighted by Crippen LogP contribution is 2.42. The van der Waals surface area contributed by atoms with E-state index in [1.54, 1.807) is 20.3 Å². The second-order valence-electron chi connectivity index (χ2n) is 7.69. The first-order valence-corrected chi connectivity index (χ1v) is 11.1. The lowest BCUT2D eigenvalue weighted by Crippen LogP contribution is -2.35. The van der Waals surface area contributed by atoms with Crippen LogP contribution in [0.25, 0.3) is 0 Å². The van der Waals surface area contributed by atoms with Crippen molar-refractivity contribution in [1.82, 2.24) is 4.90 Å². The monoisotopic (exact) mass is 496 g/mol. The second kappa shape index (κ2) is 9.63. The van der Waals surface area contributed by atoms with Gasteiger partial charge in [0.1, 0.15) is 5.75 Å². The molecule has 0 spiro atoms. The number of hydrogen-bond acceptors (Lipinski definition) is 6. The predicted octanol–water partition coefficient (Wildman–Crippen LogP) is 5.13. The molecule has 1 heterocycles. The van der Waals surface area contributed by atoms with Crippen molar-refractivity contribution in [1.29, 1.82) is 0 Å². The molecule has 0 aromatic heterocycles. The van der Waals surface area contributed by atoms with Crippen LogP contribution in [-0.4, -0.2) is 42.2 Å². The molecule has 2 N–H and O–H groups in total. The van der Waals surface area contributed by atoms with Gasteiger partial charge in [-0.15, -0.1) is 0 Å². The molecule has 166 valence electrons. The van der Waals surface area contributed by atoms with Crippen LogP contribution in [0.15, 0.2) is 64.2 Å². The van der Waals surface area contributed by atoms with Gasteiger partial charge in [0, 0.05) is 28.7 Å². The molecule has 0 amide bonds. The molecule has 6 nitrogen and oxygen atoms in total. The highest BCUT2D eigenvalue weighted by atomic mass is 79.9. The molecule has 0 aliphatic carbocycles. The van der Waals surface area contributed by atoms with Crippen LogP contribution in [0, 0.1) is 0 Å². The van der Waals surface area contributed by atoms with Crippen LogP contribution in [0.2, 0.25) is 0 Å². The van der Waals surface area contributed by atoms with E-state index in [0.717, 1.165) is 39.9 Å². The third-order valence-electron chi connectivity index (χ3n) is 5.84. The number of benzene rings is 3. The van der Waals surface area contributed by atoms with E-state index in [1.165, 1.54) is 11.8 Å². The molecule has 1 aliphatic heterocycles. The van der Waals surface area contributed by atoms with E-state index in [9.17, 15) is 5.11 Å². The number of halogens is 1. The maximum Gasteiger partial charge on any atom is 0.161 e. The van der Waals surface area contributed by atoms with Crippen LogP contribution in [-0.2, 0) is 13.0 Å². The smallest absolute Gasteiger partial charge is 0.161 e. The van der Waals surface area contributed by atoms with Crippen molar-refractivity contribution in [3.63, 3.8) is 0 Å². The molecule has 1 unspecified atom stereocenters. The molecule has 0 saturated heterocycles. The number of aromatic hydroxyl groups is 1. The van der Waals surface area contributed by atoms with Crippen LogP contribution >= 0.6 is 15.9 Å². The highest BCUT2D eigenvalue weighted by Gasteiger charge is 2.31. The molecule has 32 heavy (non-hydrogen) atoms. The lowest BCUT2D eigenvalue weighted by molar-refractivity contribution is 0.201. The lowest BCUT2D eigenvalue weighted by atomic mass is 9.87. The van der Waals surface area contributed by atoms with Gasteiger partial charge in [-0.1, -0.05) is 51.4 Å². The summed E-state index contributed by atoms with van der Waals surface area (Å²) < 4.78 is 11.9. The largest absolute Gasteiger partial charge is 0.507 e. The second-order valence-corrected chi connectivity index (χ2v) is 8.60. The number of ether oxygens (including phenoxy) is 2. The summed E-state index contributed by atoms with van der Waals surface area (Å²) in [6.45, 7) is 1.32. The molecule has 1 aliphatic rings. The minimum atomic E-state index is -0.0203. The van der Waals surface area contributed by atoms with Crippen LogP contribution in [0.3, 0.4) is 0 Å². The minimum Gasteiger partial charge on any atom is -0.507 e. The maximum atomic E-state index is 10.8. The van der Waals surface area contributed by atoms with E-state index in [4.69, 9.17) is 14.7 Å². The van der Waals surface area contributed by atoms with Crippen molar-refractivity contribution in [2.45, 2.75) is 19.0 Å².